The van der Waals surface area contributed by atoms with E-state index in [1.165, 1.54) is 38.2 Å². The third-order valence-corrected chi connectivity index (χ3v) is 10.7. The van der Waals surface area contributed by atoms with Gasteiger partial charge in [0.05, 0.1) is 0 Å². The second-order valence-corrected chi connectivity index (χ2v) is 13.6. The van der Waals surface area contributed by atoms with Crippen molar-refractivity contribution in [3.8, 4) is 0 Å². The molecule has 0 spiro atoms. The number of rotatable bonds is 5. The molecule has 0 aliphatic rings. The number of aryl methyl sites for hydroxylation is 3. The van der Waals surface area contributed by atoms with Crippen molar-refractivity contribution >= 4 is 31.0 Å². The third-order valence-electron chi connectivity index (χ3n) is 5.84. The van der Waals surface area contributed by atoms with Crippen molar-refractivity contribution < 1.29 is 19.2 Å². The van der Waals surface area contributed by atoms with Gasteiger partial charge in [0.25, 0.3) is 0 Å². The Kier molecular flexibility index (Phi) is 8.60. The van der Waals surface area contributed by atoms with E-state index in [-0.39, 0.29) is 0 Å². The first kappa shape index (κ1) is 26.0. The Morgan fingerprint density at radius 1 is 0.588 bits per heavy atom. The van der Waals surface area contributed by atoms with Crippen LogP contribution in [0, 0.1) is 20.8 Å². The molecular weight excluding hydrogens is 462 g/mol. The minimum atomic E-state index is -4.64. The Morgan fingerprint density at radius 2 is 0.941 bits per heavy atom. The molecule has 4 rings (SSSR count). The van der Waals surface area contributed by atoms with E-state index in [9.17, 15) is 0 Å². The van der Waals surface area contributed by atoms with Gasteiger partial charge in [-0.1, -0.05) is 0 Å². The van der Waals surface area contributed by atoms with E-state index >= 15 is 0 Å². The molecule has 0 fully saturated rings. The van der Waals surface area contributed by atoms with Crippen LogP contribution in [0.1, 0.15) is 22.3 Å². The third kappa shape index (κ3) is 6.96. The van der Waals surface area contributed by atoms with Gasteiger partial charge in [0.2, 0.25) is 0 Å². The Bertz CT molecular complexity index is 1160. The Hall–Kier alpha value is -2.58. The largest absolute Gasteiger partial charge is 0.466 e. The summed E-state index contributed by atoms with van der Waals surface area (Å²) in [5, 5.41) is 4.45. The van der Waals surface area contributed by atoms with Crippen LogP contribution in [-0.4, -0.2) is 14.7 Å². The maximum absolute atomic E-state index is 8.88. The van der Waals surface area contributed by atoms with Crippen LogP contribution >= 0.6 is 15.1 Å². The molecule has 6 heteroatoms. The van der Waals surface area contributed by atoms with Gasteiger partial charge in [-0.15, -0.1) is 0 Å². The standard InChI is InChI=1S/C28H29P.H3O4P/c1-22-10-7-15-26(18-22)29(21-25-13-5-4-6-14-25,27-16-8-11-23(2)19-27)28-17-9-12-24(3)20-28;1-5(2,3)4/h4-20,29H,21H2,1-3H3;(H3,1,2,3,4). The van der Waals surface area contributed by atoms with Gasteiger partial charge in [-0.25, -0.2) is 4.57 Å². The van der Waals surface area contributed by atoms with E-state index in [0.29, 0.717) is 0 Å². The number of hydrogen-bond donors (Lipinski definition) is 3. The van der Waals surface area contributed by atoms with Crippen molar-refractivity contribution in [3.63, 3.8) is 0 Å². The minimum absolute atomic E-state index is 1.06. The smallest absolute Gasteiger partial charge is 0.303 e. The summed E-state index contributed by atoms with van der Waals surface area (Å²) in [5.41, 5.74) is 5.39. The van der Waals surface area contributed by atoms with Gasteiger partial charge in [-0.05, 0) is 0 Å². The fourth-order valence-electron chi connectivity index (χ4n) is 4.44. The maximum atomic E-state index is 8.88. The van der Waals surface area contributed by atoms with Crippen molar-refractivity contribution in [3.05, 3.63) is 125 Å². The van der Waals surface area contributed by atoms with Gasteiger partial charge in [0.1, 0.15) is 0 Å². The molecule has 0 aromatic heterocycles. The van der Waals surface area contributed by atoms with Crippen LogP contribution in [0.5, 0.6) is 0 Å². The predicted octanol–water partition coefficient (Wildman–Crippen LogP) is 4.91. The zero-order chi connectivity index (χ0) is 24.8. The van der Waals surface area contributed by atoms with Gasteiger partial charge >= 0.3 is 183 Å². The first-order chi connectivity index (χ1) is 16.1. The Balaban J connectivity index is 0.000000588. The van der Waals surface area contributed by atoms with Gasteiger partial charge in [0.15, 0.2) is 0 Å². The van der Waals surface area contributed by atoms with Crippen LogP contribution in [-0.2, 0) is 10.7 Å². The molecule has 0 atom stereocenters. The fourth-order valence-corrected chi connectivity index (χ4v) is 9.46. The first-order valence-electron chi connectivity index (χ1n) is 11.1. The molecule has 0 heterocycles. The van der Waals surface area contributed by atoms with Crippen molar-refractivity contribution in [2.45, 2.75) is 26.9 Å². The Labute approximate surface area is 202 Å². The van der Waals surface area contributed by atoms with Crippen molar-refractivity contribution in [2.24, 2.45) is 0 Å². The van der Waals surface area contributed by atoms with Gasteiger partial charge in [-0.2, -0.15) is 0 Å². The average Bonchev–Trinajstić information content (AvgIpc) is 2.77. The molecule has 0 bridgehead atoms. The van der Waals surface area contributed by atoms with Crippen LogP contribution in [0.25, 0.3) is 0 Å². The van der Waals surface area contributed by atoms with E-state index in [2.05, 4.69) is 124 Å². The van der Waals surface area contributed by atoms with E-state index < -0.39 is 15.1 Å². The summed E-state index contributed by atoms with van der Waals surface area (Å²) in [6.07, 6.45) is 1.06. The summed E-state index contributed by atoms with van der Waals surface area (Å²) < 4.78 is 8.88. The second-order valence-electron chi connectivity index (χ2n) is 8.69. The average molecular weight is 495 g/mol. The first-order valence-corrected chi connectivity index (χ1v) is 14.9. The molecule has 4 aromatic rings. The van der Waals surface area contributed by atoms with Gasteiger partial charge in [0, 0.05) is 0 Å². The Morgan fingerprint density at radius 3 is 1.26 bits per heavy atom. The topological polar surface area (TPSA) is 77.8 Å². The summed E-state index contributed by atoms with van der Waals surface area (Å²) in [5.74, 6) is 0. The zero-order valence-electron chi connectivity index (χ0n) is 19.7. The molecule has 0 aliphatic carbocycles. The minimum Gasteiger partial charge on any atom is -0.303 e. The molecule has 0 saturated carbocycles. The summed E-state index contributed by atoms with van der Waals surface area (Å²) in [6.45, 7) is 6.62. The van der Waals surface area contributed by atoms with E-state index in [4.69, 9.17) is 19.2 Å². The summed E-state index contributed by atoms with van der Waals surface area (Å²) in [6, 6.07) is 38.6. The van der Waals surface area contributed by atoms with Gasteiger partial charge in [-0.3, -0.25) is 0 Å². The molecule has 34 heavy (non-hydrogen) atoms. The monoisotopic (exact) mass is 494 g/mol. The van der Waals surface area contributed by atoms with Crippen LogP contribution in [0.4, 0.5) is 0 Å². The molecule has 4 aromatic carbocycles. The maximum Gasteiger partial charge on any atom is 0.466 e. The van der Waals surface area contributed by atoms with E-state index in [0.717, 1.165) is 6.16 Å². The molecule has 178 valence electrons. The summed E-state index contributed by atoms with van der Waals surface area (Å²) >= 11 is 0. The van der Waals surface area contributed by atoms with Crippen molar-refractivity contribution in [2.75, 3.05) is 0 Å². The van der Waals surface area contributed by atoms with E-state index in [1.807, 2.05) is 0 Å². The van der Waals surface area contributed by atoms with Crippen molar-refractivity contribution in [1.29, 1.82) is 0 Å². The van der Waals surface area contributed by atoms with Crippen molar-refractivity contribution in [1.82, 2.24) is 0 Å². The summed E-state index contributed by atoms with van der Waals surface area (Å²) in [7, 11) is -6.90. The molecule has 0 radical (unpaired) electrons. The predicted molar refractivity (Wildman–Crippen MR) is 145 cm³/mol. The molecule has 0 amide bonds. The normalized spacial score (nSPS) is 11.9. The molecule has 0 unspecified atom stereocenters. The van der Waals surface area contributed by atoms with E-state index in [1.54, 1.807) is 0 Å². The molecule has 0 aliphatic heterocycles. The van der Waals surface area contributed by atoms with Crippen LogP contribution in [0.3, 0.4) is 0 Å². The molecule has 4 nitrogen and oxygen atoms in total. The number of benzene rings is 4. The number of phosphoric acid groups is 1. The second kappa shape index (κ2) is 11.2. The summed E-state index contributed by atoms with van der Waals surface area (Å²) in [4.78, 5) is 21.6. The molecule has 3 N–H and O–H groups in total. The molecular formula is C28H32O4P2. The zero-order valence-corrected chi connectivity index (χ0v) is 21.6. The molecule has 0 saturated heterocycles. The van der Waals surface area contributed by atoms with Crippen LogP contribution in [0.2, 0.25) is 0 Å². The SMILES string of the molecule is Cc1cccc([PH](Cc2ccccc2)(c2cccc(C)c2)c2cccc(C)c2)c1.O=P(O)(O)O. The quantitative estimate of drug-likeness (QED) is 0.345. The van der Waals surface area contributed by atoms with Gasteiger partial charge < -0.3 is 14.7 Å². The van der Waals surface area contributed by atoms with Crippen LogP contribution < -0.4 is 15.9 Å². The fraction of sp³-hybridized carbons (Fsp3) is 0.143. The number of hydrogen-bond acceptors (Lipinski definition) is 1. The van der Waals surface area contributed by atoms with Crippen LogP contribution in [0.15, 0.2) is 103 Å².